The quantitative estimate of drug-likeness (QED) is 0.416. The molecule has 2 aliphatic heterocycles. The Morgan fingerprint density at radius 1 is 1.35 bits per heavy atom. The number of aliphatic hydroxyl groups excluding tert-OH is 1. The number of amides is 1. The van der Waals surface area contributed by atoms with Crippen LogP contribution >= 0.6 is 11.6 Å². The van der Waals surface area contributed by atoms with Gasteiger partial charge in [-0.15, -0.1) is 0 Å². The van der Waals surface area contributed by atoms with Gasteiger partial charge in [-0.3, -0.25) is 14.6 Å². The summed E-state index contributed by atoms with van der Waals surface area (Å²) < 4.78 is 11.2. The van der Waals surface area contributed by atoms with Crippen molar-refractivity contribution in [3.63, 3.8) is 0 Å². The number of ketones is 1. The molecule has 3 heterocycles. The second-order valence-corrected chi connectivity index (χ2v) is 7.85. The molecule has 1 aromatic carbocycles. The van der Waals surface area contributed by atoms with E-state index in [0.29, 0.717) is 24.5 Å². The molecular weight excluding hydrogens is 420 g/mol. The summed E-state index contributed by atoms with van der Waals surface area (Å²) in [5, 5.41) is 11.4. The molecule has 2 fully saturated rings. The van der Waals surface area contributed by atoms with Crippen LogP contribution in [0.25, 0.3) is 5.76 Å². The average Bonchev–Trinajstić information content (AvgIpc) is 3.38. The van der Waals surface area contributed by atoms with Crippen molar-refractivity contribution in [2.24, 2.45) is 0 Å². The summed E-state index contributed by atoms with van der Waals surface area (Å²) in [5.41, 5.74) is 0.835. The van der Waals surface area contributed by atoms with E-state index in [1.807, 2.05) is 6.92 Å². The van der Waals surface area contributed by atoms with Gasteiger partial charge in [0.1, 0.15) is 11.5 Å². The smallest absolute Gasteiger partial charge is 0.295 e. The fraction of sp³-hybridized carbons (Fsp3) is 0.348. The third kappa shape index (κ3) is 4.16. The highest BCUT2D eigenvalue weighted by Gasteiger charge is 2.47. The van der Waals surface area contributed by atoms with Crippen LogP contribution < -0.4 is 4.74 Å². The number of rotatable bonds is 6. The fourth-order valence-corrected chi connectivity index (χ4v) is 4.25. The summed E-state index contributed by atoms with van der Waals surface area (Å²) >= 11 is 6.33. The minimum Gasteiger partial charge on any atom is -0.507 e. The van der Waals surface area contributed by atoms with Crippen molar-refractivity contribution >= 4 is 29.1 Å². The molecule has 1 N–H and O–H groups in total. The number of Topliss-reactive ketones (excluding diaryl/α,β-unsaturated/α-hetero) is 1. The molecule has 0 spiro atoms. The topological polar surface area (TPSA) is 89.0 Å². The first kappa shape index (κ1) is 21.3. The Labute approximate surface area is 185 Å². The van der Waals surface area contributed by atoms with Crippen LogP contribution in [0.4, 0.5) is 0 Å². The molecule has 4 rings (SSSR count). The first-order chi connectivity index (χ1) is 15.0. The SMILES string of the molecule is CCOc1ccc(Cl)c(/C(O)=C2\C(=O)C(=O)N(CC3CCCO3)C2c2cccnc2)c1. The molecule has 0 saturated carbocycles. The summed E-state index contributed by atoms with van der Waals surface area (Å²) in [6, 6.07) is 7.54. The summed E-state index contributed by atoms with van der Waals surface area (Å²) in [7, 11) is 0. The summed E-state index contributed by atoms with van der Waals surface area (Å²) in [6.45, 7) is 3.16. The van der Waals surface area contributed by atoms with E-state index in [2.05, 4.69) is 4.98 Å². The minimum atomic E-state index is -0.787. The van der Waals surface area contributed by atoms with Crippen molar-refractivity contribution in [3.05, 3.63) is 64.4 Å². The maximum atomic E-state index is 13.1. The third-order valence-corrected chi connectivity index (χ3v) is 5.80. The number of benzene rings is 1. The second kappa shape index (κ2) is 9.08. The molecule has 0 aliphatic carbocycles. The van der Waals surface area contributed by atoms with Gasteiger partial charge in [-0.1, -0.05) is 17.7 Å². The van der Waals surface area contributed by atoms with E-state index >= 15 is 0 Å². The zero-order chi connectivity index (χ0) is 22.0. The minimum absolute atomic E-state index is 0.0217. The first-order valence-corrected chi connectivity index (χ1v) is 10.6. The number of aliphatic hydroxyl groups is 1. The van der Waals surface area contributed by atoms with Crippen molar-refractivity contribution in [3.8, 4) is 5.75 Å². The van der Waals surface area contributed by atoms with E-state index < -0.39 is 17.7 Å². The van der Waals surface area contributed by atoms with Gasteiger partial charge >= 0.3 is 0 Å². The largest absolute Gasteiger partial charge is 0.507 e. The molecule has 2 aromatic rings. The van der Waals surface area contributed by atoms with Crippen molar-refractivity contribution in [1.82, 2.24) is 9.88 Å². The number of aromatic nitrogens is 1. The van der Waals surface area contributed by atoms with E-state index in [1.165, 1.54) is 4.90 Å². The van der Waals surface area contributed by atoms with Crippen LogP contribution in [0.5, 0.6) is 5.75 Å². The normalized spacial score (nSPS) is 22.8. The Hall–Kier alpha value is -2.90. The number of likely N-dealkylation sites (tertiary alicyclic amines) is 1. The number of nitrogens with zero attached hydrogens (tertiary/aromatic N) is 2. The van der Waals surface area contributed by atoms with Crippen molar-refractivity contribution in [1.29, 1.82) is 0 Å². The van der Waals surface area contributed by atoms with Gasteiger partial charge in [-0.05, 0) is 49.6 Å². The lowest BCUT2D eigenvalue weighted by molar-refractivity contribution is -0.140. The van der Waals surface area contributed by atoms with E-state index in [4.69, 9.17) is 21.1 Å². The van der Waals surface area contributed by atoms with Gasteiger partial charge in [0, 0.05) is 31.1 Å². The molecule has 8 heteroatoms. The average molecular weight is 443 g/mol. The van der Waals surface area contributed by atoms with Gasteiger partial charge in [0.2, 0.25) is 0 Å². The number of hydrogen-bond donors (Lipinski definition) is 1. The van der Waals surface area contributed by atoms with Crippen LogP contribution in [0.1, 0.15) is 36.9 Å². The Kier molecular flexibility index (Phi) is 6.25. The Balaban J connectivity index is 1.83. The number of pyridine rings is 1. The van der Waals surface area contributed by atoms with Crippen LogP contribution in [0.15, 0.2) is 48.3 Å². The predicted molar refractivity (Wildman–Crippen MR) is 115 cm³/mol. The van der Waals surface area contributed by atoms with Gasteiger partial charge in [-0.25, -0.2) is 0 Å². The number of hydrogen-bond acceptors (Lipinski definition) is 6. The second-order valence-electron chi connectivity index (χ2n) is 7.45. The molecule has 0 radical (unpaired) electrons. The van der Waals surface area contributed by atoms with Crippen LogP contribution in [-0.2, 0) is 14.3 Å². The molecule has 1 aromatic heterocycles. The highest BCUT2D eigenvalue weighted by Crippen LogP contribution is 2.41. The van der Waals surface area contributed by atoms with E-state index in [9.17, 15) is 14.7 Å². The van der Waals surface area contributed by atoms with Crippen molar-refractivity contribution < 1.29 is 24.2 Å². The lowest BCUT2D eigenvalue weighted by atomic mass is 9.96. The highest BCUT2D eigenvalue weighted by molar-refractivity contribution is 6.47. The molecule has 7 nitrogen and oxygen atoms in total. The van der Waals surface area contributed by atoms with Crippen LogP contribution in [0.2, 0.25) is 5.02 Å². The predicted octanol–water partition coefficient (Wildman–Crippen LogP) is 3.73. The van der Waals surface area contributed by atoms with Gasteiger partial charge in [0.05, 0.1) is 29.3 Å². The van der Waals surface area contributed by atoms with Gasteiger partial charge in [0.15, 0.2) is 0 Å². The lowest BCUT2D eigenvalue weighted by Gasteiger charge is -2.27. The van der Waals surface area contributed by atoms with Gasteiger partial charge < -0.3 is 19.5 Å². The summed E-state index contributed by atoms with van der Waals surface area (Å²) in [4.78, 5) is 31.6. The molecule has 2 saturated heterocycles. The van der Waals surface area contributed by atoms with Gasteiger partial charge in [0.25, 0.3) is 11.7 Å². The number of ether oxygens (including phenoxy) is 2. The lowest BCUT2D eigenvalue weighted by Crippen LogP contribution is -2.36. The molecule has 162 valence electrons. The van der Waals surface area contributed by atoms with Crippen molar-refractivity contribution in [2.75, 3.05) is 19.8 Å². The van der Waals surface area contributed by atoms with E-state index in [-0.39, 0.29) is 34.6 Å². The van der Waals surface area contributed by atoms with Crippen molar-refractivity contribution in [2.45, 2.75) is 31.9 Å². The maximum absolute atomic E-state index is 13.1. The molecule has 2 unspecified atom stereocenters. The van der Waals surface area contributed by atoms with Gasteiger partial charge in [-0.2, -0.15) is 0 Å². The molecular formula is C23H23ClN2O5. The Morgan fingerprint density at radius 3 is 2.87 bits per heavy atom. The number of halogens is 1. The monoisotopic (exact) mass is 442 g/mol. The summed E-state index contributed by atoms with van der Waals surface area (Å²) in [5.74, 6) is -1.28. The highest BCUT2D eigenvalue weighted by atomic mass is 35.5. The molecule has 31 heavy (non-hydrogen) atoms. The van der Waals surface area contributed by atoms with Crippen LogP contribution in [0.3, 0.4) is 0 Å². The summed E-state index contributed by atoms with van der Waals surface area (Å²) in [6.07, 6.45) is 4.77. The van der Waals surface area contributed by atoms with Crippen LogP contribution in [-0.4, -0.2) is 52.5 Å². The number of carbonyl (C=O) groups is 2. The standard InChI is InChI=1S/C23H23ClN2O5/c1-2-30-15-7-8-18(24)17(11-15)21(27)19-20(14-5-3-9-25-12-14)26(23(29)22(19)28)13-16-6-4-10-31-16/h3,5,7-9,11-12,16,20,27H,2,4,6,10,13H2,1H3/b21-19+. The zero-order valence-electron chi connectivity index (χ0n) is 17.1. The zero-order valence-corrected chi connectivity index (χ0v) is 17.8. The van der Waals surface area contributed by atoms with Crippen LogP contribution in [0, 0.1) is 0 Å². The fourth-order valence-electron chi connectivity index (χ4n) is 4.05. The maximum Gasteiger partial charge on any atom is 0.295 e. The molecule has 2 atom stereocenters. The number of carbonyl (C=O) groups excluding carboxylic acids is 2. The third-order valence-electron chi connectivity index (χ3n) is 5.47. The van der Waals surface area contributed by atoms with E-state index in [1.54, 1.807) is 42.7 Å². The molecule has 2 aliphatic rings. The molecule has 0 bridgehead atoms. The Bertz CT molecular complexity index is 1020. The van der Waals surface area contributed by atoms with E-state index in [0.717, 1.165) is 12.8 Å². The molecule has 1 amide bonds. The first-order valence-electron chi connectivity index (χ1n) is 10.2. The Morgan fingerprint density at radius 2 is 2.19 bits per heavy atom.